The molecule has 1 unspecified atom stereocenters. The first-order valence-electron chi connectivity index (χ1n) is 2.00. The Kier molecular flexibility index (Phi) is 0.911. The van der Waals surface area contributed by atoms with Crippen LogP contribution in [0.2, 0.25) is 0 Å². The maximum absolute atomic E-state index is 10.1. The Hall–Kier alpha value is -1.10. The lowest BCUT2D eigenvalue weighted by atomic mass is 10.2. The van der Waals surface area contributed by atoms with Crippen molar-refractivity contribution < 1.29 is 14.7 Å². The molecule has 0 spiro atoms. The lowest BCUT2D eigenvalue weighted by Crippen LogP contribution is -2.67. The second-order valence-electron chi connectivity index (χ2n) is 1.40. The molecule has 1 saturated heterocycles. The van der Waals surface area contributed by atoms with Crippen LogP contribution in [0.1, 0.15) is 0 Å². The predicted molar refractivity (Wildman–Crippen MR) is 22.7 cm³/mol. The minimum Gasteiger partial charge on any atom is -0.480 e. The number of hydrazine groups is 1. The molecule has 44 valence electrons. The van der Waals surface area contributed by atoms with Gasteiger partial charge in [-0.05, 0) is 0 Å². The van der Waals surface area contributed by atoms with Crippen molar-refractivity contribution in [3.63, 3.8) is 0 Å². The number of carboxylic acids is 1. The van der Waals surface area contributed by atoms with Crippen LogP contribution in [0.4, 0.5) is 0 Å². The fourth-order valence-electron chi connectivity index (χ4n) is 0.377. The molecule has 3 N–H and O–H groups in total. The zero-order chi connectivity index (χ0) is 6.15. The number of nitrogens with one attached hydrogen (secondary N) is 2. The highest BCUT2D eigenvalue weighted by atomic mass is 16.4. The van der Waals surface area contributed by atoms with Crippen molar-refractivity contribution in [2.75, 3.05) is 0 Å². The van der Waals surface area contributed by atoms with Crippen LogP contribution in [0.15, 0.2) is 0 Å². The SMILES string of the molecule is O=C(O)C1NNC1=O. The summed E-state index contributed by atoms with van der Waals surface area (Å²) in [6.07, 6.45) is 0. The fourth-order valence-corrected chi connectivity index (χ4v) is 0.377. The molecule has 8 heavy (non-hydrogen) atoms. The molecule has 0 aromatic carbocycles. The van der Waals surface area contributed by atoms with E-state index in [9.17, 15) is 9.59 Å². The molecule has 0 bridgehead atoms. The van der Waals surface area contributed by atoms with E-state index in [0.717, 1.165) is 0 Å². The van der Waals surface area contributed by atoms with Crippen molar-refractivity contribution in [3.05, 3.63) is 0 Å². The number of carbonyl (C=O) groups is 2. The Morgan fingerprint density at radius 2 is 2.38 bits per heavy atom. The van der Waals surface area contributed by atoms with E-state index in [0.29, 0.717) is 0 Å². The van der Waals surface area contributed by atoms with Crippen molar-refractivity contribution in [1.82, 2.24) is 10.9 Å². The molecule has 1 heterocycles. The smallest absolute Gasteiger partial charge is 0.332 e. The molecule has 5 heteroatoms. The summed E-state index contributed by atoms with van der Waals surface area (Å²) in [7, 11) is 0. The highest BCUT2D eigenvalue weighted by Gasteiger charge is 2.33. The Balaban J connectivity index is 2.49. The second-order valence-corrected chi connectivity index (χ2v) is 1.40. The highest BCUT2D eigenvalue weighted by Crippen LogP contribution is 1.88. The Morgan fingerprint density at radius 3 is 2.38 bits per heavy atom. The van der Waals surface area contributed by atoms with E-state index in [1.54, 1.807) is 0 Å². The molecule has 0 aromatic heterocycles. The average Bonchev–Trinajstić information content (AvgIpc) is 1.61. The van der Waals surface area contributed by atoms with Crippen LogP contribution in [0.25, 0.3) is 0 Å². The normalized spacial score (nSPS) is 26.0. The topological polar surface area (TPSA) is 78.4 Å². The molecule has 1 atom stereocenters. The number of aliphatic carboxylic acids is 1. The summed E-state index contributed by atoms with van der Waals surface area (Å²) in [5.74, 6) is -1.63. The molecule has 1 amide bonds. The third-order valence-electron chi connectivity index (χ3n) is 0.849. The molecule has 0 aromatic rings. The Labute approximate surface area is 44.7 Å². The van der Waals surface area contributed by atoms with E-state index in [4.69, 9.17) is 5.11 Å². The summed E-state index contributed by atoms with van der Waals surface area (Å²) in [5.41, 5.74) is 4.27. The van der Waals surface area contributed by atoms with E-state index in [-0.39, 0.29) is 0 Å². The van der Waals surface area contributed by atoms with E-state index in [1.807, 2.05) is 0 Å². The lowest BCUT2D eigenvalue weighted by Gasteiger charge is -2.22. The van der Waals surface area contributed by atoms with Crippen molar-refractivity contribution in [2.45, 2.75) is 6.04 Å². The fraction of sp³-hybridized carbons (Fsp3) is 0.333. The van der Waals surface area contributed by atoms with E-state index >= 15 is 0 Å². The molecule has 0 aliphatic carbocycles. The zero-order valence-corrected chi connectivity index (χ0v) is 3.84. The van der Waals surface area contributed by atoms with Crippen LogP contribution in [0.3, 0.4) is 0 Å². The second kappa shape index (κ2) is 1.45. The molecule has 0 saturated carbocycles. The Bertz CT molecular complexity index is 135. The van der Waals surface area contributed by atoms with E-state index in [1.165, 1.54) is 0 Å². The van der Waals surface area contributed by atoms with Gasteiger partial charge in [0.2, 0.25) is 6.04 Å². The van der Waals surface area contributed by atoms with Crippen molar-refractivity contribution >= 4 is 11.9 Å². The zero-order valence-electron chi connectivity index (χ0n) is 3.84. The summed E-state index contributed by atoms with van der Waals surface area (Å²) in [4.78, 5) is 20.0. The van der Waals surface area contributed by atoms with Crippen LogP contribution in [-0.4, -0.2) is 23.0 Å². The van der Waals surface area contributed by atoms with Gasteiger partial charge in [-0.2, -0.15) is 0 Å². The molecule has 5 nitrogen and oxygen atoms in total. The van der Waals surface area contributed by atoms with Gasteiger partial charge >= 0.3 is 5.97 Å². The van der Waals surface area contributed by atoms with Gasteiger partial charge in [-0.3, -0.25) is 10.2 Å². The number of carboxylic acid groups (broad SMARTS) is 1. The number of amides is 1. The maximum Gasteiger partial charge on any atom is 0.332 e. The molecule has 1 aliphatic heterocycles. The third kappa shape index (κ3) is 0.526. The van der Waals surface area contributed by atoms with Crippen LogP contribution in [0.5, 0.6) is 0 Å². The van der Waals surface area contributed by atoms with Gasteiger partial charge in [0.1, 0.15) is 0 Å². The standard InChI is InChI=1S/C3H4N2O3/c6-2-1(3(7)8)4-5-2/h1,4H,(H,5,6)(H,7,8). The minimum atomic E-state index is -1.14. The van der Waals surface area contributed by atoms with Gasteiger partial charge in [-0.25, -0.2) is 10.2 Å². The summed E-state index contributed by atoms with van der Waals surface area (Å²) in [5, 5.41) is 8.08. The molecule has 0 radical (unpaired) electrons. The third-order valence-corrected chi connectivity index (χ3v) is 0.849. The van der Waals surface area contributed by atoms with Gasteiger partial charge in [0.15, 0.2) is 0 Å². The van der Waals surface area contributed by atoms with Gasteiger partial charge in [-0.1, -0.05) is 0 Å². The first kappa shape index (κ1) is 5.04. The molecule has 1 aliphatic rings. The highest BCUT2D eigenvalue weighted by molar-refractivity contribution is 6.04. The van der Waals surface area contributed by atoms with E-state index in [2.05, 4.69) is 10.9 Å². The monoisotopic (exact) mass is 116 g/mol. The quantitative estimate of drug-likeness (QED) is 0.349. The summed E-state index contributed by atoms with van der Waals surface area (Å²) < 4.78 is 0. The van der Waals surface area contributed by atoms with Gasteiger partial charge in [0, 0.05) is 0 Å². The van der Waals surface area contributed by atoms with Crippen LogP contribution >= 0.6 is 0 Å². The summed E-state index contributed by atoms with van der Waals surface area (Å²) in [6.45, 7) is 0. The number of hydrogen-bond acceptors (Lipinski definition) is 3. The number of rotatable bonds is 1. The van der Waals surface area contributed by atoms with Gasteiger partial charge in [0.05, 0.1) is 0 Å². The van der Waals surface area contributed by atoms with Crippen molar-refractivity contribution in [3.8, 4) is 0 Å². The molecular weight excluding hydrogens is 112 g/mol. The maximum atomic E-state index is 10.1. The average molecular weight is 116 g/mol. The first-order chi connectivity index (χ1) is 3.72. The molecule has 1 rings (SSSR count). The van der Waals surface area contributed by atoms with Crippen LogP contribution < -0.4 is 10.9 Å². The van der Waals surface area contributed by atoms with Crippen molar-refractivity contribution in [2.24, 2.45) is 0 Å². The summed E-state index contributed by atoms with van der Waals surface area (Å²) >= 11 is 0. The van der Waals surface area contributed by atoms with Crippen LogP contribution in [-0.2, 0) is 9.59 Å². The van der Waals surface area contributed by atoms with Crippen molar-refractivity contribution in [1.29, 1.82) is 0 Å². The van der Waals surface area contributed by atoms with Gasteiger partial charge in [0.25, 0.3) is 5.91 Å². The number of hydrogen-bond donors (Lipinski definition) is 3. The molecular formula is C3H4N2O3. The van der Waals surface area contributed by atoms with E-state index < -0.39 is 17.9 Å². The lowest BCUT2D eigenvalue weighted by molar-refractivity contribution is -0.150. The number of carbonyl (C=O) groups excluding carboxylic acids is 1. The molecule has 1 fully saturated rings. The Morgan fingerprint density at radius 1 is 1.75 bits per heavy atom. The first-order valence-corrected chi connectivity index (χ1v) is 2.00. The largest absolute Gasteiger partial charge is 0.480 e. The van der Waals surface area contributed by atoms with Gasteiger partial charge < -0.3 is 5.11 Å². The minimum absolute atomic E-state index is 0.488. The summed E-state index contributed by atoms with van der Waals surface area (Å²) in [6, 6.07) is -1.03. The predicted octanol–water partition coefficient (Wildman–Crippen LogP) is -1.93. The van der Waals surface area contributed by atoms with Crippen LogP contribution in [0, 0.1) is 0 Å². The van der Waals surface area contributed by atoms with Gasteiger partial charge in [-0.15, -0.1) is 0 Å².